The zero-order valence-electron chi connectivity index (χ0n) is 17.1. The Bertz CT molecular complexity index is 548. The molecule has 3 heteroatoms. The van der Waals surface area contributed by atoms with Crippen LogP contribution in [0.3, 0.4) is 0 Å². The highest BCUT2D eigenvalue weighted by atomic mass is 79.9. The summed E-state index contributed by atoms with van der Waals surface area (Å²) in [4.78, 5) is 1.02. The van der Waals surface area contributed by atoms with Gasteiger partial charge in [0.2, 0.25) is 0 Å². The summed E-state index contributed by atoms with van der Waals surface area (Å²) in [6, 6.07) is 18.3. The van der Waals surface area contributed by atoms with Gasteiger partial charge in [0.15, 0.2) is 0 Å². The predicted octanol–water partition coefficient (Wildman–Crippen LogP) is 8.72. The Morgan fingerprint density at radius 2 is 1.32 bits per heavy atom. The van der Waals surface area contributed by atoms with Gasteiger partial charge in [-0.25, -0.2) is 0 Å². The first-order chi connectivity index (χ1) is 12.3. The molecule has 0 bridgehead atoms. The molecular weight excluding hydrogens is 390 g/mol. The Kier molecular flexibility index (Phi) is 26.0. The van der Waals surface area contributed by atoms with Crippen molar-refractivity contribution in [2.75, 3.05) is 0 Å². The van der Waals surface area contributed by atoms with E-state index in [0.717, 1.165) is 15.1 Å². The second kappa shape index (κ2) is 22.8. The van der Waals surface area contributed by atoms with Crippen LogP contribution in [0.4, 0.5) is 0 Å². The minimum Gasteiger partial charge on any atom is -0.192 e. The molecule has 0 aromatic heterocycles. The van der Waals surface area contributed by atoms with Crippen molar-refractivity contribution in [3.05, 3.63) is 64.1 Å². The summed E-state index contributed by atoms with van der Waals surface area (Å²) < 4.78 is 0.859. The quantitative estimate of drug-likeness (QED) is 0.460. The van der Waals surface area contributed by atoms with Crippen LogP contribution >= 0.6 is 27.7 Å². The normalized spacial score (nSPS) is 7.68. The van der Waals surface area contributed by atoms with E-state index in [1.54, 1.807) is 11.8 Å². The van der Waals surface area contributed by atoms with Crippen molar-refractivity contribution in [2.24, 2.45) is 0 Å². The average molecular weight is 424 g/mol. The third-order valence-corrected chi connectivity index (χ3v) is 4.11. The lowest BCUT2D eigenvalue weighted by Crippen LogP contribution is -1.85. The first-order valence-electron chi connectivity index (χ1n) is 9.16. The highest BCUT2D eigenvalue weighted by Gasteiger charge is 2.06. The van der Waals surface area contributed by atoms with Crippen molar-refractivity contribution in [3.8, 4) is 6.07 Å². The number of rotatable bonds is 3. The van der Waals surface area contributed by atoms with Crippen LogP contribution in [0.1, 0.15) is 66.5 Å². The zero-order valence-corrected chi connectivity index (χ0v) is 19.5. The number of thioether (sulfide) groups is 1. The molecule has 0 heterocycles. The van der Waals surface area contributed by atoms with E-state index in [0.29, 0.717) is 5.56 Å². The fourth-order valence-corrected chi connectivity index (χ4v) is 3.04. The van der Waals surface area contributed by atoms with E-state index in [9.17, 15) is 0 Å². The van der Waals surface area contributed by atoms with E-state index in [1.165, 1.54) is 5.56 Å². The van der Waals surface area contributed by atoms with E-state index < -0.39 is 0 Å². The molecular formula is C22H34BrNS. The predicted molar refractivity (Wildman–Crippen MR) is 120 cm³/mol. The van der Waals surface area contributed by atoms with Crippen LogP contribution in [0.5, 0.6) is 0 Å². The molecule has 0 aliphatic rings. The fraction of sp³-hybridized carbons (Fsp3) is 0.409. The summed E-state index contributed by atoms with van der Waals surface area (Å²) in [6.45, 7) is 16.0. The smallest absolute Gasteiger partial charge is 0.101 e. The summed E-state index contributed by atoms with van der Waals surface area (Å²) in [5.41, 5.74) is 1.98. The van der Waals surface area contributed by atoms with E-state index in [-0.39, 0.29) is 0 Å². The van der Waals surface area contributed by atoms with E-state index in [2.05, 4.69) is 34.1 Å². The highest BCUT2D eigenvalue weighted by molar-refractivity contribution is 9.10. The topological polar surface area (TPSA) is 23.8 Å². The Morgan fingerprint density at radius 3 is 1.80 bits per heavy atom. The van der Waals surface area contributed by atoms with Gasteiger partial charge < -0.3 is 0 Å². The van der Waals surface area contributed by atoms with Crippen molar-refractivity contribution in [2.45, 2.75) is 66.0 Å². The van der Waals surface area contributed by atoms with Crippen molar-refractivity contribution < 1.29 is 0 Å². The maximum atomic E-state index is 9.10. The molecule has 1 nitrogen and oxygen atoms in total. The van der Waals surface area contributed by atoms with Gasteiger partial charge >= 0.3 is 0 Å². The minimum absolute atomic E-state index is 0.716. The average Bonchev–Trinajstić information content (AvgIpc) is 2.73. The number of hydrogen-bond donors (Lipinski definition) is 0. The second-order valence-corrected chi connectivity index (χ2v) is 5.37. The minimum atomic E-state index is 0.716. The molecule has 2 aromatic carbocycles. The third-order valence-electron chi connectivity index (χ3n) is 2.32. The van der Waals surface area contributed by atoms with Crippen LogP contribution in [0.25, 0.3) is 0 Å². The van der Waals surface area contributed by atoms with Crippen molar-refractivity contribution in [1.82, 2.24) is 0 Å². The van der Waals surface area contributed by atoms with Crippen LogP contribution in [-0.2, 0) is 5.75 Å². The first-order valence-corrected chi connectivity index (χ1v) is 10.9. The van der Waals surface area contributed by atoms with Gasteiger partial charge in [-0.1, -0.05) is 91.8 Å². The van der Waals surface area contributed by atoms with E-state index in [4.69, 9.17) is 5.26 Å². The molecule has 0 radical (unpaired) electrons. The molecule has 0 amide bonds. The van der Waals surface area contributed by atoms with Crippen molar-refractivity contribution >= 4 is 27.7 Å². The molecule has 0 spiro atoms. The fourth-order valence-electron chi connectivity index (χ4n) is 1.47. The van der Waals surface area contributed by atoms with Gasteiger partial charge in [-0.2, -0.15) is 5.26 Å². The molecule has 0 atom stereocenters. The Balaban J connectivity index is -0.000000533. The first kappa shape index (κ1) is 28.6. The molecule has 2 aromatic rings. The maximum Gasteiger partial charge on any atom is 0.101 e. The van der Waals surface area contributed by atoms with E-state index >= 15 is 0 Å². The van der Waals surface area contributed by atoms with E-state index in [1.807, 2.05) is 91.8 Å². The Morgan fingerprint density at radius 1 is 0.800 bits per heavy atom. The van der Waals surface area contributed by atoms with Crippen LogP contribution in [0.2, 0.25) is 0 Å². The molecule has 0 saturated heterocycles. The lowest BCUT2D eigenvalue weighted by Gasteiger charge is -2.05. The second-order valence-electron chi connectivity index (χ2n) is 3.50. The maximum absolute atomic E-state index is 9.10. The van der Waals surface area contributed by atoms with Crippen molar-refractivity contribution in [1.29, 1.82) is 5.26 Å². The zero-order chi connectivity index (χ0) is 20.1. The summed E-state index contributed by atoms with van der Waals surface area (Å²) in [7, 11) is 0. The Hall–Kier alpha value is -1.24. The summed E-state index contributed by atoms with van der Waals surface area (Å²) in [5.74, 6) is 0.881. The van der Waals surface area contributed by atoms with Crippen LogP contribution < -0.4 is 0 Å². The summed E-state index contributed by atoms with van der Waals surface area (Å²) in [5, 5.41) is 9.10. The lowest BCUT2D eigenvalue weighted by atomic mass is 10.2. The van der Waals surface area contributed by atoms with Gasteiger partial charge in [-0.05, 0) is 33.6 Å². The largest absolute Gasteiger partial charge is 0.192 e. The Labute approximate surface area is 169 Å². The molecule has 0 unspecified atom stereocenters. The molecule has 2 rings (SSSR count). The molecule has 0 fully saturated rings. The molecule has 0 saturated carbocycles. The van der Waals surface area contributed by atoms with Gasteiger partial charge in [-0.3, -0.25) is 0 Å². The molecule has 0 aliphatic carbocycles. The monoisotopic (exact) mass is 423 g/mol. The van der Waals surface area contributed by atoms with Gasteiger partial charge in [0.05, 0.1) is 5.56 Å². The molecule has 0 N–H and O–H groups in total. The standard InChI is InChI=1S/C14H10BrNS.4C2H6/c15-13-7-4-8-14(12(13)9-16)17-10-11-5-2-1-3-6-11;4*1-2/h1-8H,10H2;4*1-2H3. The summed E-state index contributed by atoms with van der Waals surface area (Å²) in [6.07, 6.45) is 0. The van der Waals surface area contributed by atoms with Crippen LogP contribution in [-0.4, -0.2) is 0 Å². The number of benzene rings is 2. The molecule has 140 valence electrons. The number of hydrogen-bond acceptors (Lipinski definition) is 2. The van der Waals surface area contributed by atoms with Crippen molar-refractivity contribution in [3.63, 3.8) is 0 Å². The number of nitriles is 1. The third kappa shape index (κ3) is 12.7. The van der Waals surface area contributed by atoms with Crippen LogP contribution in [0, 0.1) is 11.3 Å². The lowest BCUT2D eigenvalue weighted by molar-refractivity contribution is 1.32. The SMILES string of the molecule is CC.CC.CC.CC.N#Cc1c(Br)cccc1SCc1ccccc1. The van der Waals surface area contributed by atoms with Gasteiger partial charge in [0.1, 0.15) is 6.07 Å². The molecule has 25 heavy (non-hydrogen) atoms. The number of nitrogens with zero attached hydrogens (tertiary/aromatic N) is 1. The van der Waals surface area contributed by atoms with Gasteiger partial charge in [-0.15, -0.1) is 11.8 Å². The van der Waals surface area contributed by atoms with Crippen LogP contribution in [0.15, 0.2) is 57.9 Å². The highest BCUT2D eigenvalue weighted by Crippen LogP contribution is 2.30. The van der Waals surface area contributed by atoms with Gasteiger partial charge in [0, 0.05) is 15.1 Å². The summed E-state index contributed by atoms with van der Waals surface area (Å²) >= 11 is 5.08. The number of halogens is 1. The van der Waals surface area contributed by atoms with Gasteiger partial charge in [0.25, 0.3) is 0 Å². The molecule has 0 aliphatic heterocycles.